The lowest BCUT2D eigenvalue weighted by Crippen LogP contribution is -2.25. The zero-order valence-electron chi connectivity index (χ0n) is 14.6. The molecule has 2 aromatic carbocycles. The number of carbonyl (C=O) groups excluding carboxylic acids is 1. The van der Waals surface area contributed by atoms with E-state index in [1.54, 1.807) is 24.3 Å². The molecule has 0 aliphatic carbocycles. The first-order chi connectivity index (χ1) is 12.3. The van der Waals surface area contributed by atoms with Gasteiger partial charge in [0.15, 0.2) is 0 Å². The van der Waals surface area contributed by atoms with Gasteiger partial charge >= 0.3 is 6.18 Å². The Morgan fingerprint density at radius 2 is 1.73 bits per heavy atom. The van der Waals surface area contributed by atoms with E-state index in [1.165, 1.54) is 5.56 Å². The first-order valence-electron chi connectivity index (χ1n) is 8.42. The summed E-state index contributed by atoms with van der Waals surface area (Å²) in [4.78, 5) is 12.1. The first-order valence-corrected chi connectivity index (χ1v) is 8.42. The number of rotatable bonds is 8. The lowest BCUT2D eigenvalue weighted by Gasteiger charge is -2.12. The van der Waals surface area contributed by atoms with E-state index in [2.05, 4.69) is 29.1 Å². The van der Waals surface area contributed by atoms with Gasteiger partial charge in [0.1, 0.15) is 6.61 Å². The Morgan fingerprint density at radius 3 is 2.35 bits per heavy atom. The van der Waals surface area contributed by atoms with Gasteiger partial charge in [-0.1, -0.05) is 49.4 Å². The summed E-state index contributed by atoms with van der Waals surface area (Å²) < 4.78 is 40.7. The number of hydrogen-bond donors (Lipinski definition) is 1. The minimum atomic E-state index is -4.34. The highest BCUT2D eigenvalue weighted by Crippen LogP contribution is 2.18. The number of halogens is 3. The van der Waals surface area contributed by atoms with Gasteiger partial charge in [-0.2, -0.15) is 13.2 Å². The topological polar surface area (TPSA) is 38.3 Å². The first kappa shape index (κ1) is 20.0. The van der Waals surface area contributed by atoms with E-state index in [-0.39, 0.29) is 12.5 Å². The maximum Gasteiger partial charge on any atom is 0.411 e. The zero-order chi connectivity index (χ0) is 19.0. The number of alkyl halides is 3. The highest BCUT2D eigenvalue weighted by Gasteiger charge is 2.27. The van der Waals surface area contributed by atoms with Crippen LogP contribution in [0.2, 0.25) is 0 Å². The van der Waals surface area contributed by atoms with Crippen molar-refractivity contribution < 1.29 is 22.7 Å². The van der Waals surface area contributed by atoms with Crippen LogP contribution in [-0.4, -0.2) is 25.2 Å². The lowest BCUT2D eigenvalue weighted by atomic mass is 9.98. The molecule has 3 nitrogen and oxygen atoms in total. The van der Waals surface area contributed by atoms with Crippen molar-refractivity contribution in [3.05, 3.63) is 71.3 Å². The van der Waals surface area contributed by atoms with Crippen molar-refractivity contribution in [3.63, 3.8) is 0 Å². The predicted molar refractivity (Wildman–Crippen MR) is 94.0 cm³/mol. The van der Waals surface area contributed by atoms with Crippen LogP contribution in [-0.2, 0) is 11.3 Å². The number of nitrogens with one attached hydrogen (secondary N) is 1. The summed E-state index contributed by atoms with van der Waals surface area (Å²) in [7, 11) is 0. The van der Waals surface area contributed by atoms with Crippen LogP contribution in [0.25, 0.3) is 0 Å². The zero-order valence-corrected chi connectivity index (χ0v) is 14.6. The van der Waals surface area contributed by atoms with E-state index >= 15 is 0 Å². The lowest BCUT2D eigenvalue weighted by molar-refractivity contribution is -0.176. The third kappa shape index (κ3) is 6.88. The van der Waals surface area contributed by atoms with Crippen LogP contribution < -0.4 is 5.32 Å². The van der Waals surface area contributed by atoms with Crippen molar-refractivity contribution in [2.24, 2.45) is 0 Å². The van der Waals surface area contributed by atoms with Crippen molar-refractivity contribution in [3.8, 4) is 0 Å². The number of carbonyl (C=O) groups is 1. The van der Waals surface area contributed by atoms with Crippen LogP contribution in [0.4, 0.5) is 13.2 Å². The molecular weight excluding hydrogens is 343 g/mol. The van der Waals surface area contributed by atoms with E-state index in [0.717, 1.165) is 6.42 Å². The summed E-state index contributed by atoms with van der Waals surface area (Å²) in [5.74, 6) is 0.137. The molecule has 0 saturated heterocycles. The van der Waals surface area contributed by atoms with Crippen molar-refractivity contribution in [2.75, 3.05) is 13.2 Å². The van der Waals surface area contributed by atoms with Gasteiger partial charge in [-0.05, 0) is 35.6 Å². The molecule has 0 spiro atoms. The Bertz CT molecular complexity index is 684. The molecule has 0 fully saturated rings. The summed E-state index contributed by atoms with van der Waals surface area (Å²) in [6.07, 6.45) is -3.52. The molecular formula is C20H22F3NO2. The van der Waals surface area contributed by atoms with Gasteiger partial charge in [0, 0.05) is 12.1 Å². The van der Waals surface area contributed by atoms with Crippen LogP contribution in [0.1, 0.15) is 40.7 Å². The number of hydrogen-bond acceptors (Lipinski definition) is 2. The Morgan fingerprint density at radius 1 is 1.08 bits per heavy atom. The van der Waals surface area contributed by atoms with Crippen LogP contribution in [0, 0.1) is 0 Å². The monoisotopic (exact) mass is 365 g/mol. The highest BCUT2D eigenvalue weighted by atomic mass is 19.4. The van der Waals surface area contributed by atoms with E-state index < -0.39 is 12.8 Å². The summed E-state index contributed by atoms with van der Waals surface area (Å²) in [6.45, 7) is 1.23. The molecule has 0 heterocycles. The fraction of sp³-hybridized carbons (Fsp3) is 0.350. The second-order valence-corrected chi connectivity index (χ2v) is 6.16. The molecule has 0 aliphatic rings. The second-order valence-electron chi connectivity index (χ2n) is 6.16. The molecule has 1 atom stereocenters. The van der Waals surface area contributed by atoms with Crippen LogP contribution in [0.3, 0.4) is 0 Å². The number of amides is 1. The Balaban J connectivity index is 1.75. The second kappa shape index (κ2) is 9.38. The van der Waals surface area contributed by atoms with Crippen LogP contribution in [0.5, 0.6) is 0 Å². The Labute approximate surface area is 151 Å². The molecule has 26 heavy (non-hydrogen) atoms. The molecule has 0 saturated carbocycles. The third-order valence-corrected chi connectivity index (χ3v) is 3.98. The molecule has 2 rings (SSSR count). The number of benzene rings is 2. The molecule has 1 amide bonds. The third-order valence-electron chi connectivity index (χ3n) is 3.98. The molecule has 1 N–H and O–H groups in total. The van der Waals surface area contributed by atoms with E-state index in [4.69, 9.17) is 0 Å². The van der Waals surface area contributed by atoms with E-state index in [1.807, 2.05) is 18.2 Å². The fourth-order valence-electron chi connectivity index (χ4n) is 2.49. The average molecular weight is 365 g/mol. The quantitative estimate of drug-likeness (QED) is 0.737. The van der Waals surface area contributed by atoms with Crippen molar-refractivity contribution in [2.45, 2.75) is 32.0 Å². The van der Waals surface area contributed by atoms with Gasteiger partial charge in [0.25, 0.3) is 5.91 Å². The van der Waals surface area contributed by atoms with Crippen LogP contribution >= 0.6 is 0 Å². The summed E-state index contributed by atoms with van der Waals surface area (Å²) in [6, 6.07) is 16.4. The molecule has 0 aromatic heterocycles. The van der Waals surface area contributed by atoms with Crippen molar-refractivity contribution in [1.29, 1.82) is 0 Å². The van der Waals surface area contributed by atoms with E-state index in [9.17, 15) is 18.0 Å². The van der Waals surface area contributed by atoms with Gasteiger partial charge in [-0.3, -0.25) is 4.79 Å². The molecule has 0 aliphatic heterocycles. The van der Waals surface area contributed by atoms with Gasteiger partial charge in [-0.25, -0.2) is 0 Å². The fourth-order valence-corrected chi connectivity index (χ4v) is 2.49. The normalized spacial score (nSPS) is 12.6. The Hall–Kier alpha value is -2.34. The standard InChI is InChI=1S/C20H22F3NO2/c1-15(17-5-3-2-4-6-17)11-12-24-19(25)18-9-7-16(8-10-18)13-26-14-20(21,22)23/h2-10,15H,11-14H2,1H3,(H,24,25). The molecule has 0 radical (unpaired) electrons. The van der Waals surface area contributed by atoms with Gasteiger partial charge in [0.05, 0.1) is 6.61 Å². The smallest absolute Gasteiger partial charge is 0.367 e. The average Bonchev–Trinajstić information content (AvgIpc) is 2.62. The molecule has 6 heteroatoms. The van der Waals surface area contributed by atoms with Gasteiger partial charge in [0.2, 0.25) is 0 Å². The molecule has 140 valence electrons. The minimum Gasteiger partial charge on any atom is -0.367 e. The summed E-state index contributed by atoms with van der Waals surface area (Å²) >= 11 is 0. The number of ether oxygens (including phenoxy) is 1. The van der Waals surface area contributed by atoms with E-state index in [0.29, 0.717) is 23.6 Å². The predicted octanol–water partition coefficient (Wildman–Crippen LogP) is 4.69. The van der Waals surface area contributed by atoms with Gasteiger partial charge < -0.3 is 10.1 Å². The highest BCUT2D eigenvalue weighted by molar-refractivity contribution is 5.94. The maximum atomic E-state index is 12.1. The summed E-state index contributed by atoms with van der Waals surface area (Å²) in [5, 5.41) is 2.86. The van der Waals surface area contributed by atoms with Crippen molar-refractivity contribution >= 4 is 5.91 Å². The maximum absolute atomic E-state index is 12.1. The Kier molecular flexibility index (Phi) is 7.21. The van der Waals surface area contributed by atoms with Gasteiger partial charge in [-0.15, -0.1) is 0 Å². The van der Waals surface area contributed by atoms with Crippen molar-refractivity contribution in [1.82, 2.24) is 5.32 Å². The largest absolute Gasteiger partial charge is 0.411 e. The molecule has 2 aromatic rings. The molecule has 0 bridgehead atoms. The van der Waals surface area contributed by atoms with Crippen LogP contribution in [0.15, 0.2) is 54.6 Å². The SMILES string of the molecule is CC(CCNC(=O)c1ccc(COCC(F)(F)F)cc1)c1ccccc1. The minimum absolute atomic E-state index is 0.143. The molecule has 1 unspecified atom stereocenters. The summed E-state index contributed by atoms with van der Waals surface area (Å²) in [5.41, 5.74) is 2.28.